The van der Waals surface area contributed by atoms with Crippen molar-refractivity contribution in [1.82, 2.24) is 0 Å². The Labute approximate surface area is 143 Å². The van der Waals surface area contributed by atoms with Crippen molar-refractivity contribution in [3.63, 3.8) is 0 Å². The molecule has 0 aliphatic rings. The number of nitriles is 1. The summed E-state index contributed by atoms with van der Waals surface area (Å²) in [6, 6.07) is 10.8. The Balaban J connectivity index is 0.000000173. The van der Waals surface area contributed by atoms with Crippen molar-refractivity contribution in [2.24, 2.45) is 5.73 Å². The van der Waals surface area contributed by atoms with Gasteiger partial charge < -0.3 is 14.6 Å². The van der Waals surface area contributed by atoms with Crippen LogP contribution in [0.1, 0.15) is 18.6 Å². The highest BCUT2D eigenvalue weighted by atomic mass is 19.1. The Morgan fingerprint density at radius 2 is 1.44 bits per heavy atom. The number of halogens is 2. The quantitative estimate of drug-likeness (QED) is 0.521. The molecule has 2 heterocycles. The zero-order valence-corrected chi connectivity index (χ0v) is 12.4. The highest BCUT2D eigenvalue weighted by molar-refractivity contribution is 5.83. The number of rotatable bonds is 1. The maximum Gasteiger partial charge on any atom is 0.141 e. The number of hydrogen-bond acceptors (Lipinski definition) is 4. The lowest BCUT2D eigenvalue weighted by molar-refractivity contribution is 0.602. The van der Waals surface area contributed by atoms with Crippen molar-refractivity contribution < 1.29 is 17.6 Å². The third-order valence-corrected chi connectivity index (χ3v) is 3.59. The van der Waals surface area contributed by atoms with Crippen LogP contribution in [0, 0.1) is 23.0 Å². The van der Waals surface area contributed by atoms with E-state index in [0.717, 1.165) is 5.39 Å². The molecule has 0 bridgehead atoms. The van der Waals surface area contributed by atoms with Gasteiger partial charge >= 0.3 is 0 Å². The van der Waals surface area contributed by atoms with Crippen molar-refractivity contribution in [3.05, 3.63) is 71.7 Å². The van der Waals surface area contributed by atoms with Gasteiger partial charge in [-0.05, 0) is 36.4 Å². The molecule has 0 aliphatic heterocycles. The molecule has 0 radical (unpaired) electrons. The monoisotopic (exact) mass is 342 g/mol. The van der Waals surface area contributed by atoms with Gasteiger partial charge in [0.25, 0.3) is 0 Å². The molecule has 0 amide bonds. The second-order valence-corrected chi connectivity index (χ2v) is 4.93. The predicted molar refractivity (Wildman–Crippen MR) is 91.7 cm³/mol. The molecule has 0 unspecified atom stereocenters. The van der Waals surface area contributed by atoms with Crippen LogP contribution >= 0.6 is 0 Å². The molecule has 0 saturated carbocycles. The van der Waals surface area contributed by atoms with Gasteiger partial charge in [-0.2, -0.15) is 5.26 Å². The summed E-state index contributed by atoms with van der Waals surface area (Å²) >= 11 is 0. The normalized spacial score (nSPS) is 10.0. The summed E-state index contributed by atoms with van der Waals surface area (Å²) in [6.45, 7) is 0.197. The minimum absolute atomic E-state index is 0. The Morgan fingerprint density at radius 3 is 2.04 bits per heavy atom. The average molecular weight is 342 g/mol. The van der Waals surface area contributed by atoms with E-state index in [0.29, 0.717) is 22.1 Å². The first-order valence-electron chi connectivity index (χ1n) is 7.06. The van der Waals surface area contributed by atoms with Crippen LogP contribution < -0.4 is 5.73 Å². The Bertz CT molecular complexity index is 1040. The van der Waals surface area contributed by atoms with Crippen LogP contribution in [0.15, 0.2) is 57.8 Å². The third kappa shape index (κ3) is 3.37. The van der Waals surface area contributed by atoms with Gasteiger partial charge in [0.1, 0.15) is 28.9 Å². The molecule has 0 saturated heterocycles. The first-order valence-corrected chi connectivity index (χ1v) is 7.06. The summed E-state index contributed by atoms with van der Waals surface area (Å²) in [5.74, 6) is -0.780. The lowest BCUT2D eigenvalue weighted by Gasteiger charge is -1.99. The first-order chi connectivity index (χ1) is 11.7. The topological polar surface area (TPSA) is 76.1 Å². The van der Waals surface area contributed by atoms with E-state index in [9.17, 15) is 8.78 Å². The molecule has 4 nitrogen and oxygen atoms in total. The van der Waals surface area contributed by atoms with Crippen LogP contribution in [0.3, 0.4) is 0 Å². The van der Waals surface area contributed by atoms with E-state index in [2.05, 4.69) is 0 Å². The molecule has 128 valence electrons. The van der Waals surface area contributed by atoms with Gasteiger partial charge in [-0.1, -0.05) is 7.43 Å². The van der Waals surface area contributed by atoms with Crippen LogP contribution in [-0.2, 0) is 6.54 Å². The van der Waals surface area contributed by atoms with E-state index < -0.39 is 5.82 Å². The fraction of sp³-hybridized carbons (Fsp3) is 0.105. The third-order valence-electron chi connectivity index (χ3n) is 3.59. The lowest BCUT2D eigenvalue weighted by Crippen LogP contribution is -1.99. The SMILES string of the molecule is C.N#Cc1c(F)ccc2occc12.NCc1c(F)ccc2occc12. The minimum Gasteiger partial charge on any atom is -0.464 e. The average Bonchev–Trinajstić information content (AvgIpc) is 3.24. The molecule has 0 fully saturated rings. The highest BCUT2D eigenvalue weighted by Gasteiger charge is 2.08. The second-order valence-electron chi connectivity index (χ2n) is 4.93. The Kier molecular flexibility index (Phi) is 5.52. The van der Waals surface area contributed by atoms with Gasteiger partial charge in [0.2, 0.25) is 0 Å². The molecule has 0 aliphatic carbocycles. The van der Waals surface area contributed by atoms with Crippen molar-refractivity contribution >= 4 is 21.9 Å². The van der Waals surface area contributed by atoms with Gasteiger partial charge in [-0.3, -0.25) is 0 Å². The van der Waals surface area contributed by atoms with Crippen molar-refractivity contribution in [1.29, 1.82) is 5.26 Å². The molecule has 0 spiro atoms. The zero-order valence-electron chi connectivity index (χ0n) is 12.4. The zero-order chi connectivity index (χ0) is 17.1. The summed E-state index contributed by atoms with van der Waals surface area (Å²) in [4.78, 5) is 0. The summed E-state index contributed by atoms with van der Waals surface area (Å²) in [7, 11) is 0. The van der Waals surface area contributed by atoms with E-state index in [1.54, 1.807) is 24.3 Å². The van der Waals surface area contributed by atoms with E-state index in [1.165, 1.54) is 30.7 Å². The van der Waals surface area contributed by atoms with Gasteiger partial charge in [-0.15, -0.1) is 0 Å². The number of hydrogen-bond donors (Lipinski definition) is 1. The first kappa shape index (κ1) is 18.2. The van der Waals surface area contributed by atoms with Crippen LogP contribution in [0.2, 0.25) is 0 Å². The van der Waals surface area contributed by atoms with Crippen molar-refractivity contribution in [3.8, 4) is 6.07 Å². The number of fused-ring (bicyclic) bond motifs is 2. The molecule has 6 heteroatoms. The smallest absolute Gasteiger partial charge is 0.141 e. The van der Waals surface area contributed by atoms with Gasteiger partial charge in [0.05, 0.1) is 18.1 Å². The van der Waals surface area contributed by atoms with E-state index >= 15 is 0 Å². The molecular formula is C19H16F2N2O2. The fourth-order valence-electron chi connectivity index (χ4n) is 2.42. The molecule has 2 aromatic heterocycles. The molecule has 25 heavy (non-hydrogen) atoms. The maximum absolute atomic E-state index is 13.1. The molecule has 4 rings (SSSR count). The summed E-state index contributed by atoms with van der Waals surface area (Å²) in [5, 5.41) is 9.89. The molecular weight excluding hydrogens is 326 g/mol. The highest BCUT2D eigenvalue weighted by Crippen LogP contribution is 2.22. The fourth-order valence-corrected chi connectivity index (χ4v) is 2.42. The van der Waals surface area contributed by atoms with Crippen LogP contribution in [-0.4, -0.2) is 0 Å². The molecule has 0 atom stereocenters. The van der Waals surface area contributed by atoms with Crippen LogP contribution in [0.5, 0.6) is 0 Å². The van der Waals surface area contributed by atoms with Crippen LogP contribution in [0.25, 0.3) is 21.9 Å². The van der Waals surface area contributed by atoms with Crippen LogP contribution in [0.4, 0.5) is 8.78 Å². The number of furan rings is 2. The van der Waals surface area contributed by atoms with Gasteiger partial charge in [0.15, 0.2) is 0 Å². The lowest BCUT2D eigenvalue weighted by atomic mass is 10.1. The predicted octanol–water partition coefficient (Wildman–Crippen LogP) is 5.11. The van der Waals surface area contributed by atoms with E-state index in [-0.39, 0.29) is 25.4 Å². The van der Waals surface area contributed by atoms with Crippen molar-refractivity contribution in [2.75, 3.05) is 0 Å². The number of nitrogens with two attached hydrogens (primary N) is 1. The Hall–Kier alpha value is -3.17. The minimum atomic E-state index is -0.508. The van der Waals surface area contributed by atoms with Gasteiger partial charge in [0, 0.05) is 22.9 Å². The summed E-state index contributed by atoms with van der Waals surface area (Å²) < 4.78 is 36.1. The van der Waals surface area contributed by atoms with E-state index in [1.807, 2.05) is 0 Å². The summed E-state index contributed by atoms with van der Waals surface area (Å²) in [6.07, 6.45) is 2.97. The molecule has 2 aromatic carbocycles. The number of benzene rings is 2. The van der Waals surface area contributed by atoms with Gasteiger partial charge in [-0.25, -0.2) is 8.78 Å². The maximum atomic E-state index is 13.1. The molecule has 4 aromatic rings. The largest absolute Gasteiger partial charge is 0.464 e. The summed E-state index contributed by atoms with van der Waals surface area (Å²) in [5.41, 5.74) is 7.16. The number of nitrogens with zero attached hydrogens (tertiary/aromatic N) is 1. The second kappa shape index (κ2) is 7.60. The van der Waals surface area contributed by atoms with E-state index in [4.69, 9.17) is 19.8 Å². The standard InChI is InChI=1S/C9H8FNO.C9H4FNO.CH4/c2*10-8-1-2-9-6(3-4-12-9)7(8)5-11;/h1-4H,5,11H2;1-4H;1H4. The molecule has 2 N–H and O–H groups in total. The van der Waals surface area contributed by atoms with Crippen molar-refractivity contribution in [2.45, 2.75) is 14.0 Å². The Morgan fingerprint density at radius 1 is 0.880 bits per heavy atom.